The van der Waals surface area contributed by atoms with Gasteiger partial charge in [-0.05, 0) is 32.5 Å². The van der Waals surface area contributed by atoms with Crippen molar-refractivity contribution in [2.75, 3.05) is 14.1 Å². The van der Waals surface area contributed by atoms with Crippen molar-refractivity contribution in [3.05, 3.63) is 28.5 Å². The number of thioether (sulfide) groups is 1. The van der Waals surface area contributed by atoms with Crippen LogP contribution in [0.4, 0.5) is 0 Å². The van der Waals surface area contributed by atoms with Gasteiger partial charge in [0.05, 0.1) is 17.1 Å². The largest absolute Gasteiger partial charge is 0.323 e. The van der Waals surface area contributed by atoms with Gasteiger partial charge in [-0.25, -0.2) is 4.98 Å². The molecule has 2 heterocycles. The van der Waals surface area contributed by atoms with E-state index >= 15 is 0 Å². The smallest absolute Gasteiger partial charge is 0.268 e. The van der Waals surface area contributed by atoms with Crippen LogP contribution in [0.5, 0.6) is 0 Å². The number of hydrogen-bond acceptors (Lipinski definition) is 6. The van der Waals surface area contributed by atoms with E-state index in [-0.39, 0.29) is 18.0 Å². The first kappa shape index (κ1) is 21.1. The van der Waals surface area contributed by atoms with E-state index in [1.165, 1.54) is 18.2 Å². The number of aromatic nitrogens is 2. The molecule has 1 aliphatic heterocycles. The summed E-state index contributed by atoms with van der Waals surface area (Å²) in [7, 11) is 3.75. The van der Waals surface area contributed by atoms with Gasteiger partial charge >= 0.3 is 0 Å². The number of hydrogen-bond donors (Lipinski definition) is 1. The van der Waals surface area contributed by atoms with Crippen LogP contribution in [0.3, 0.4) is 0 Å². The van der Waals surface area contributed by atoms with E-state index in [1.54, 1.807) is 17.0 Å². The van der Waals surface area contributed by atoms with Crippen LogP contribution in [0.1, 0.15) is 56.7 Å². The zero-order chi connectivity index (χ0) is 19.6. The summed E-state index contributed by atoms with van der Waals surface area (Å²) in [5.74, 6) is 0. The zero-order valence-corrected chi connectivity index (χ0v) is 16.7. The third kappa shape index (κ3) is 5.41. The highest BCUT2D eigenvalue weighted by Gasteiger charge is 2.26. The fraction of sp³-hybridized carbons (Fsp3) is 0.500. The van der Waals surface area contributed by atoms with Crippen molar-refractivity contribution < 1.29 is 4.79 Å². The van der Waals surface area contributed by atoms with Gasteiger partial charge in [0.25, 0.3) is 5.56 Å². The average Bonchev–Trinajstić information content (AvgIpc) is 2.68. The molecular formula is C20H26N4O2S. The quantitative estimate of drug-likeness (QED) is 0.638. The molecule has 1 N–H and O–H groups in total. The second-order valence-corrected chi connectivity index (χ2v) is 7.56. The summed E-state index contributed by atoms with van der Waals surface area (Å²) >= 11 is 1.31. The van der Waals surface area contributed by atoms with Gasteiger partial charge in [0, 0.05) is 24.9 Å². The number of nitrogens with zero attached hydrogens (tertiary/aromatic N) is 3. The molecule has 1 fully saturated rings. The number of terminal acetylenes is 1. The average molecular weight is 387 g/mol. The number of aldehydes is 1. The minimum Gasteiger partial charge on any atom is -0.323 e. The van der Waals surface area contributed by atoms with Crippen LogP contribution in [0.15, 0.2) is 27.1 Å². The summed E-state index contributed by atoms with van der Waals surface area (Å²) in [5, 5.41) is 3.45. The van der Waals surface area contributed by atoms with Crippen LogP contribution in [-0.4, -0.2) is 35.0 Å². The predicted octanol–water partition coefficient (Wildman–Crippen LogP) is 3.04. The molecule has 0 atom stereocenters. The highest BCUT2D eigenvalue weighted by Crippen LogP contribution is 2.36. The molecule has 1 saturated carbocycles. The Balaban J connectivity index is 0.000000817. The van der Waals surface area contributed by atoms with E-state index < -0.39 is 0 Å². The Bertz CT molecular complexity index is 814. The number of aliphatic imine (C=N–C) groups is 1. The summed E-state index contributed by atoms with van der Waals surface area (Å²) in [6.45, 7) is 0. The van der Waals surface area contributed by atoms with Crippen molar-refractivity contribution in [2.24, 2.45) is 4.99 Å². The van der Waals surface area contributed by atoms with Gasteiger partial charge < -0.3 is 10.1 Å². The van der Waals surface area contributed by atoms with E-state index in [0.29, 0.717) is 22.1 Å². The minimum absolute atomic E-state index is 0.0293. The molecule has 2 aliphatic rings. The topological polar surface area (TPSA) is 76.3 Å². The Hall–Kier alpha value is -2.17. The van der Waals surface area contributed by atoms with Crippen LogP contribution < -0.4 is 10.9 Å². The van der Waals surface area contributed by atoms with Crippen molar-refractivity contribution in [1.82, 2.24) is 14.9 Å². The standard InChI is InChI=1S/C18H19N3O2S.C2H7N/c1-2-19-15-11-13(7-6-10-22)16-17(24-15)18(23)21(12-20-16)14-8-4-3-5-9-14;1-3-2/h1,7,10,12,14H,3-6,8-9,11H2;3H,1-2H3/b13-7+,19-15?;. The van der Waals surface area contributed by atoms with E-state index in [2.05, 4.69) is 21.3 Å². The molecule has 1 aliphatic carbocycles. The first-order valence-electron chi connectivity index (χ1n) is 9.18. The summed E-state index contributed by atoms with van der Waals surface area (Å²) in [5.41, 5.74) is 1.48. The normalized spacial score (nSPS) is 19.7. The predicted molar refractivity (Wildman–Crippen MR) is 111 cm³/mol. The second kappa shape index (κ2) is 10.9. The van der Waals surface area contributed by atoms with Crippen LogP contribution in [0, 0.1) is 12.5 Å². The number of allylic oxidation sites excluding steroid dienone is 2. The lowest BCUT2D eigenvalue weighted by molar-refractivity contribution is -0.107. The second-order valence-electron chi connectivity index (χ2n) is 6.47. The summed E-state index contributed by atoms with van der Waals surface area (Å²) in [4.78, 5) is 32.8. The molecule has 0 amide bonds. The molecule has 1 aromatic heterocycles. The fourth-order valence-electron chi connectivity index (χ4n) is 3.28. The van der Waals surface area contributed by atoms with Crippen LogP contribution in [0.2, 0.25) is 0 Å². The number of rotatable bonds is 3. The van der Waals surface area contributed by atoms with Crippen molar-refractivity contribution in [2.45, 2.75) is 55.9 Å². The van der Waals surface area contributed by atoms with Crippen LogP contribution in [-0.2, 0) is 4.79 Å². The highest BCUT2D eigenvalue weighted by molar-refractivity contribution is 8.14. The van der Waals surface area contributed by atoms with Crippen LogP contribution in [0.25, 0.3) is 5.57 Å². The maximum absolute atomic E-state index is 13.0. The molecule has 0 aromatic carbocycles. The van der Waals surface area contributed by atoms with Gasteiger partial charge in [0.15, 0.2) is 0 Å². The Kier molecular flexibility index (Phi) is 8.49. The van der Waals surface area contributed by atoms with E-state index in [4.69, 9.17) is 6.42 Å². The first-order chi connectivity index (χ1) is 13.2. The molecule has 7 heteroatoms. The Morgan fingerprint density at radius 3 is 2.74 bits per heavy atom. The van der Waals surface area contributed by atoms with Gasteiger partial charge in [-0.1, -0.05) is 43.5 Å². The molecule has 0 spiro atoms. The molecule has 0 unspecified atom stereocenters. The molecule has 0 radical (unpaired) electrons. The van der Waals surface area contributed by atoms with Crippen molar-refractivity contribution in [3.8, 4) is 12.5 Å². The summed E-state index contributed by atoms with van der Waals surface area (Å²) in [6, 6.07) is 2.51. The monoisotopic (exact) mass is 386 g/mol. The van der Waals surface area contributed by atoms with Gasteiger partial charge in [-0.2, -0.15) is 4.99 Å². The van der Waals surface area contributed by atoms with Gasteiger partial charge in [-0.3, -0.25) is 9.36 Å². The van der Waals surface area contributed by atoms with Crippen LogP contribution >= 0.6 is 11.8 Å². The van der Waals surface area contributed by atoms with Gasteiger partial charge in [-0.15, -0.1) is 0 Å². The molecular weight excluding hydrogens is 360 g/mol. The lowest BCUT2D eigenvalue weighted by atomic mass is 9.95. The third-order valence-corrected chi connectivity index (χ3v) is 5.48. The molecule has 1 aromatic rings. The molecule has 27 heavy (non-hydrogen) atoms. The van der Waals surface area contributed by atoms with Crippen molar-refractivity contribution in [1.29, 1.82) is 0 Å². The first-order valence-corrected chi connectivity index (χ1v) is 10.0. The molecule has 3 rings (SSSR count). The van der Waals surface area contributed by atoms with E-state index in [1.807, 2.05) is 14.1 Å². The molecule has 0 bridgehead atoms. The van der Waals surface area contributed by atoms with E-state index in [9.17, 15) is 9.59 Å². The Morgan fingerprint density at radius 1 is 1.41 bits per heavy atom. The summed E-state index contributed by atoms with van der Waals surface area (Å²) in [6.07, 6.45) is 15.9. The minimum atomic E-state index is -0.0293. The van der Waals surface area contributed by atoms with Crippen molar-refractivity contribution >= 4 is 28.7 Å². The molecule has 6 nitrogen and oxygen atoms in total. The SMILES string of the molecule is C#CN=C1C/C(=C\CC=O)c2ncn(C3CCCCC3)c(=O)c2S1.CNC. The summed E-state index contributed by atoms with van der Waals surface area (Å²) < 4.78 is 1.77. The zero-order valence-electron chi connectivity index (χ0n) is 15.9. The molecule has 0 saturated heterocycles. The van der Waals surface area contributed by atoms with E-state index in [0.717, 1.165) is 37.5 Å². The van der Waals surface area contributed by atoms with Gasteiger partial charge in [0.1, 0.15) is 11.2 Å². The lowest BCUT2D eigenvalue weighted by Crippen LogP contribution is -2.30. The number of fused-ring (bicyclic) bond motifs is 1. The maximum atomic E-state index is 13.0. The highest BCUT2D eigenvalue weighted by atomic mass is 32.2. The number of carbonyl (C=O) groups excluding carboxylic acids is 1. The maximum Gasteiger partial charge on any atom is 0.268 e. The van der Waals surface area contributed by atoms with Crippen molar-refractivity contribution in [3.63, 3.8) is 0 Å². The number of carbonyl (C=O) groups is 1. The third-order valence-electron chi connectivity index (χ3n) is 4.44. The van der Waals surface area contributed by atoms with Gasteiger partial charge in [0.2, 0.25) is 0 Å². The lowest BCUT2D eigenvalue weighted by Gasteiger charge is -2.26. The Morgan fingerprint density at radius 2 is 2.11 bits per heavy atom. The fourth-order valence-corrected chi connectivity index (χ4v) is 4.32. The Labute approximate surface area is 164 Å². The number of nitrogens with one attached hydrogen (secondary N) is 1. The molecule has 144 valence electrons.